The highest BCUT2D eigenvalue weighted by molar-refractivity contribution is 6.33. The number of fused-ring (bicyclic) bond motifs is 2. The lowest BCUT2D eigenvalue weighted by atomic mass is 10.1. The number of benzene rings is 3. The molecule has 0 aliphatic heterocycles. The van der Waals surface area contributed by atoms with Gasteiger partial charge in [0.05, 0.1) is 0 Å². The Morgan fingerprint density at radius 3 is 1.68 bits per heavy atom. The average molecular weight is 385 g/mol. The molecule has 0 saturated carbocycles. The van der Waals surface area contributed by atoms with E-state index in [1.165, 1.54) is 0 Å². The molecule has 4 aromatic rings. The molecule has 0 aliphatic carbocycles. The van der Waals surface area contributed by atoms with Crippen LogP contribution in [0.2, 0.25) is 0 Å². The highest BCUT2D eigenvalue weighted by atomic mass is 19.4. The van der Waals surface area contributed by atoms with Gasteiger partial charge in [-0.3, -0.25) is 17.7 Å². The Labute approximate surface area is 159 Å². The summed E-state index contributed by atoms with van der Waals surface area (Å²) in [5.74, 6) is 0.122. The van der Waals surface area contributed by atoms with E-state index in [9.17, 15) is 17.7 Å². The Balaban J connectivity index is 0.000000515. The third-order valence-electron chi connectivity index (χ3n) is 4.16. The van der Waals surface area contributed by atoms with Crippen LogP contribution in [0, 0.1) is 0 Å². The number of halogens is 4. The number of hydrogen-bond acceptors (Lipinski definition) is 1. The van der Waals surface area contributed by atoms with E-state index in [4.69, 9.17) is 0 Å². The largest absolute Gasteiger partial charge is 1.00 e. The van der Waals surface area contributed by atoms with Crippen molar-refractivity contribution in [3.8, 4) is 0 Å². The van der Waals surface area contributed by atoms with Crippen molar-refractivity contribution in [3.05, 3.63) is 90.5 Å². The van der Waals surface area contributed by atoms with E-state index in [1.807, 2.05) is 54.6 Å². The van der Waals surface area contributed by atoms with Crippen LogP contribution in [0.1, 0.15) is 10.4 Å². The van der Waals surface area contributed by atoms with Gasteiger partial charge in [0, 0.05) is 28.5 Å². The first-order valence-corrected chi connectivity index (χ1v) is 8.37. The summed E-state index contributed by atoms with van der Waals surface area (Å²) in [7, 11) is -3.67. The molecule has 0 atom stereocenters. The maximum Gasteiger partial charge on any atom is 0.762 e. The molecule has 0 N–H and O–H groups in total. The number of para-hydroxylation sites is 2. The van der Waals surface area contributed by atoms with Gasteiger partial charge in [-0.15, -0.1) is 0 Å². The van der Waals surface area contributed by atoms with Crippen LogP contribution in [-0.4, -0.2) is 13.3 Å². The summed E-state index contributed by atoms with van der Waals surface area (Å²) in [6.07, 6.45) is 0. The molecule has 0 fully saturated rings. The SMILES string of the molecule is FB(F)F.O=C(C[n+]1c2ccccc2cc2ccccc21)c1ccccc1.[F-]. The van der Waals surface area contributed by atoms with Crippen LogP contribution in [-0.2, 0) is 6.54 Å². The maximum atomic E-state index is 12.7. The summed E-state index contributed by atoms with van der Waals surface area (Å²) < 4.78 is 31.1. The number of carbonyl (C=O) groups is 1. The number of aromatic nitrogens is 1. The third-order valence-corrected chi connectivity index (χ3v) is 4.16. The van der Waals surface area contributed by atoms with Crippen LogP contribution in [0.4, 0.5) is 12.9 Å². The standard InChI is InChI=1S/C21H16NO.BF3.FH/c23-21(16-8-2-1-3-9-16)15-22-19-12-6-4-10-17(19)14-18-11-5-7-13-20(18)22;2-1(3)4;/h1-14H,15H2;;1H/q+1;;/p-1. The van der Waals surface area contributed by atoms with Gasteiger partial charge in [0.15, 0.2) is 0 Å². The summed E-state index contributed by atoms with van der Waals surface area (Å²) in [5, 5.41) is 2.29. The van der Waals surface area contributed by atoms with Crippen molar-refractivity contribution in [2.45, 2.75) is 6.54 Å². The zero-order chi connectivity index (χ0) is 19.2. The molecule has 0 bridgehead atoms. The monoisotopic (exact) mass is 385 g/mol. The van der Waals surface area contributed by atoms with Crippen molar-refractivity contribution >= 4 is 35.1 Å². The quantitative estimate of drug-likeness (QED) is 0.174. The Hall–Kier alpha value is -3.22. The molecule has 142 valence electrons. The molecule has 0 saturated heterocycles. The Morgan fingerprint density at radius 2 is 1.18 bits per heavy atom. The Morgan fingerprint density at radius 1 is 0.750 bits per heavy atom. The number of nitrogens with zero attached hydrogens (tertiary/aromatic N) is 1. The summed E-state index contributed by atoms with van der Waals surface area (Å²) in [6.45, 7) is 0.339. The zero-order valence-electron chi connectivity index (χ0n) is 14.7. The van der Waals surface area contributed by atoms with E-state index in [0.717, 1.165) is 27.4 Å². The fourth-order valence-corrected chi connectivity index (χ4v) is 3.04. The van der Waals surface area contributed by atoms with E-state index in [0.29, 0.717) is 6.54 Å². The lowest BCUT2D eigenvalue weighted by molar-refractivity contribution is -0.630. The van der Waals surface area contributed by atoms with Gasteiger partial charge in [-0.05, 0) is 18.2 Å². The highest BCUT2D eigenvalue weighted by Gasteiger charge is 2.19. The molecule has 0 spiro atoms. The van der Waals surface area contributed by atoms with Crippen LogP contribution < -0.4 is 9.27 Å². The highest BCUT2D eigenvalue weighted by Crippen LogP contribution is 2.18. The van der Waals surface area contributed by atoms with Gasteiger partial charge in [0.25, 0.3) is 0 Å². The molecule has 0 radical (unpaired) electrons. The zero-order valence-corrected chi connectivity index (χ0v) is 14.7. The van der Waals surface area contributed by atoms with Gasteiger partial charge in [0.1, 0.15) is 0 Å². The fourth-order valence-electron chi connectivity index (χ4n) is 3.04. The molecule has 7 heteroatoms. The predicted molar refractivity (Wildman–Crippen MR) is 101 cm³/mol. The van der Waals surface area contributed by atoms with Crippen molar-refractivity contribution < 1.29 is 27.0 Å². The van der Waals surface area contributed by atoms with E-state index in [-0.39, 0.29) is 10.5 Å². The molecular formula is C21H16BF4NO. The second-order valence-electron chi connectivity index (χ2n) is 5.88. The Kier molecular flexibility index (Phi) is 7.26. The van der Waals surface area contributed by atoms with Crippen LogP contribution >= 0.6 is 0 Å². The van der Waals surface area contributed by atoms with Crippen molar-refractivity contribution in [2.75, 3.05) is 0 Å². The van der Waals surface area contributed by atoms with Crippen molar-refractivity contribution in [3.63, 3.8) is 0 Å². The van der Waals surface area contributed by atoms with Gasteiger partial charge in [-0.1, -0.05) is 54.6 Å². The minimum atomic E-state index is -3.67. The lowest BCUT2D eigenvalue weighted by Crippen LogP contribution is -3.00. The summed E-state index contributed by atoms with van der Waals surface area (Å²) >= 11 is 0. The Bertz CT molecular complexity index is 1020. The average Bonchev–Trinajstić information content (AvgIpc) is 2.68. The van der Waals surface area contributed by atoms with Gasteiger partial charge < -0.3 is 4.70 Å². The van der Waals surface area contributed by atoms with Crippen LogP contribution in [0.15, 0.2) is 84.9 Å². The van der Waals surface area contributed by atoms with Gasteiger partial charge in [-0.25, -0.2) is 0 Å². The smallest absolute Gasteiger partial charge is 0.762 e. The lowest BCUT2D eigenvalue weighted by Gasteiger charge is -2.05. The second kappa shape index (κ2) is 9.64. The summed E-state index contributed by atoms with van der Waals surface area (Å²) in [4.78, 5) is 12.7. The van der Waals surface area contributed by atoms with E-state index in [1.54, 1.807) is 0 Å². The van der Waals surface area contributed by atoms with E-state index >= 15 is 0 Å². The molecule has 2 nitrogen and oxygen atoms in total. The first-order chi connectivity index (χ1) is 13.1. The van der Waals surface area contributed by atoms with E-state index in [2.05, 4.69) is 34.9 Å². The number of Topliss-reactive ketones (excluding diaryl/α,β-unsaturated/α-hetero) is 1. The number of ketones is 1. The predicted octanol–water partition coefficient (Wildman–Crippen LogP) is 2.05. The van der Waals surface area contributed by atoms with Crippen molar-refractivity contribution in [1.29, 1.82) is 0 Å². The van der Waals surface area contributed by atoms with Crippen LogP contribution in [0.3, 0.4) is 0 Å². The molecule has 0 amide bonds. The maximum absolute atomic E-state index is 12.7. The minimum absolute atomic E-state index is 0. The molecule has 0 unspecified atom stereocenters. The molecule has 4 rings (SSSR count). The molecule has 0 aliphatic rings. The van der Waals surface area contributed by atoms with Crippen LogP contribution in [0.25, 0.3) is 21.8 Å². The third kappa shape index (κ3) is 4.94. The normalized spacial score (nSPS) is 9.96. The van der Waals surface area contributed by atoms with Gasteiger partial charge in [0.2, 0.25) is 23.4 Å². The molecule has 1 aromatic heterocycles. The number of pyridine rings is 1. The summed E-state index contributed by atoms with van der Waals surface area (Å²) in [6, 6.07) is 28.1. The topological polar surface area (TPSA) is 20.9 Å². The van der Waals surface area contributed by atoms with Gasteiger partial charge >= 0.3 is 7.54 Å². The fraction of sp³-hybridized carbons (Fsp3) is 0.0476. The molecular weight excluding hydrogens is 369 g/mol. The first kappa shape index (κ1) is 21.1. The van der Waals surface area contributed by atoms with Crippen LogP contribution in [0.5, 0.6) is 0 Å². The number of rotatable bonds is 3. The van der Waals surface area contributed by atoms with E-state index < -0.39 is 7.54 Å². The molecule has 1 heterocycles. The number of carbonyl (C=O) groups excluding carboxylic acids is 1. The minimum Gasteiger partial charge on any atom is -1.00 e. The second-order valence-corrected chi connectivity index (χ2v) is 5.88. The van der Waals surface area contributed by atoms with Gasteiger partial charge in [-0.2, -0.15) is 4.57 Å². The first-order valence-electron chi connectivity index (χ1n) is 8.37. The molecule has 3 aromatic carbocycles. The summed E-state index contributed by atoms with van der Waals surface area (Å²) in [5.41, 5.74) is 2.91. The van der Waals surface area contributed by atoms with Crippen molar-refractivity contribution in [2.24, 2.45) is 0 Å². The molecule has 28 heavy (non-hydrogen) atoms. The number of hydrogen-bond donors (Lipinski definition) is 0. The van der Waals surface area contributed by atoms with Crippen molar-refractivity contribution in [1.82, 2.24) is 0 Å².